The number of likely N-dealkylation sites (N-methyl/N-ethyl adjacent to an activating group) is 1. The Morgan fingerprint density at radius 1 is 1.06 bits per heavy atom. The molecule has 0 spiro atoms. The summed E-state index contributed by atoms with van der Waals surface area (Å²) in [5, 5.41) is 0. The van der Waals surface area contributed by atoms with Gasteiger partial charge in [-0.05, 0) is 47.2 Å². The SMILES string of the molecule is C[C@@H]1C(=O)N(C)CCN1CCOc1ccc(C2CCN(c3ncc(Br)cn3)CC2)cn1. The second-order valence-electron chi connectivity index (χ2n) is 8.21. The third-order valence-corrected chi connectivity index (χ3v) is 6.66. The first-order valence-corrected chi connectivity index (χ1v) is 11.6. The average Bonchev–Trinajstić information content (AvgIpc) is 2.80. The van der Waals surface area contributed by atoms with E-state index in [1.807, 2.05) is 26.2 Å². The van der Waals surface area contributed by atoms with Crippen molar-refractivity contribution in [1.29, 1.82) is 0 Å². The zero-order valence-corrected chi connectivity index (χ0v) is 19.7. The summed E-state index contributed by atoms with van der Waals surface area (Å²) in [6, 6.07) is 3.99. The molecule has 166 valence electrons. The van der Waals surface area contributed by atoms with E-state index in [0.29, 0.717) is 18.4 Å². The summed E-state index contributed by atoms with van der Waals surface area (Å²) in [7, 11) is 1.86. The van der Waals surface area contributed by atoms with Crippen LogP contribution in [0.15, 0.2) is 35.2 Å². The lowest BCUT2D eigenvalue weighted by atomic mass is 9.90. The molecule has 9 heteroatoms. The summed E-state index contributed by atoms with van der Waals surface area (Å²) in [4.78, 5) is 31.6. The van der Waals surface area contributed by atoms with E-state index < -0.39 is 0 Å². The zero-order valence-electron chi connectivity index (χ0n) is 18.1. The highest BCUT2D eigenvalue weighted by Gasteiger charge is 2.29. The lowest BCUT2D eigenvalue weighted by Gasteiger charge is -2.37. The van der Waals surface area contributed by atoms with E-state index in [0.717, 1.165) is 56.0 Å². The monoisotopic (exact) mass is 488 g/mol. The molecule has 0 radical (unpaired) electrons. The quantitative estimate of drug-likeness (QED) is 0.618. The Kier molecular flexibility index (Phi) is 7.02. The summed E-state index contributed by atoms with van der Waals surface area (Å²) >= 11 is 3.38. The van der Waals surface area contributed by atoms with E-state index in [1.165, 1.54) is 5.56 Å². The normalized spacial score (nSPS) is 20.9. The minimum atomic E-state index is -0.0913. The predicted octanol–water partition coefficient (Wildman–Crippen LogP) is 2.56. The highest BCUT2D eigenvalue weighted by atomic mass is 79.9. The number of rotatable bonds is 6. The van der Waals surface area contributed by atoms with Crippen LogP contribution in [0, 0.1) is 0 Å². The van der Waals surface area contributed by atoms with Gasteiger partial charge < -0.3 is 14.5 Å². The molecule has 2 fully saturated rings. The third kappa shape index (κ3) is 5.33. The Hall–Kier alpha value is -2.26. The van der Waals surface area contributed by atoms with Crippen LogP contribution in [0.25, 0.3) is 0 Å². The maximum Gasteiger partial charge on any atom is 0.239 e. The third-order valence-electron chi connectivity index (χ3n) is 6.25. The van der Waals surface area contributed by atoms with Crippen LogP contribution in [0.2, 0.25) is 0 Å². The van der Waals surface area contributed by atoms with Crippen molar-refractivity contribution < 1.29 is 9.53 Å². The number of ether oxygens (including phenoxy) is 1. The van der Waals surface area contributed by atoms with E-state index in [1.54, 1.807) is 17.3 Å². The lowest BCUT2D eigenvalue weighted by molar-refractivity contribution is -0.139. The number of anilines is 1. The molecular formula is C22H29BrN6O2. The fraction of sp³-hybridized carbons (Fsp3) is 0.545. The van der Waals surface area contributed by atoms with Crippen LogP contribution in [0.1, 0.15) is 31.2 Å². The number of nitrogens with zero attached hydrogens (tertiary/aromatic N) is 6. The number of piperidine rings is 1. The number of hydrogen-bond acceptors (Lipinski definition) is 7. The Morgan fingerprint density at radius 2 is 1.81 bits per heavy atom. The Labute approximate surface area is 191 Å². The van der Waals surface area contributed by atoms with Crippen molar-refractivity contribution in [2.75, 3.05) is 51.3 Å². The molecule has 0 aliphatic carbocycles. The molecule has 2 aromatic rings. The summed E-state index contributed by atoms with van der Waals surface area (Å²) in [5.41, 5.74) is 1.25. The van der Waals surface area contributed by atoms with Gasteiger partial charge in [-0.1, -0.05) is 6.07 Å². The van der Waals surface area contributed by atoms with E-state index in [9.17, 15) is 4.79 Å². The summed E-state index contributed by atoms with van der Waals surface area (Å²) in [6.45, 7) is 6.73. The minimum Gasteiger partial charge on any atom is -0.476 e. The van der Waals surface area contributed by atoms with Crippen LogP contribution in [0.3, 0.4) is 0 Å². The average molecular weight is 489 g/mol. The Bertz CT molecular complexity index is 871. The predicted molar refractivity (Wildman–Crippen MR) is 122 cm³/mol. The second kappa shape index (κ2) is 9.91. The standard InChI is InChI=1S/C22H29BrN6O2/c1-16-21(30)27(2)9-10-28(16)11-12-31-20-4-3-18(13-24-20)17-5-7-29(8-6-17)22-25-14-19(23)15-26-22/h3-4,13-17H,5-12H2,1-2H3/t16-/m1/s1. The van der Waals surface area contributed by atoms with E-state index in [-0.39, 0.29) is 11.9 Å². The zero-order chi connectivity index (χ0) is 21.8. The van der Waals surface area contributed by atoms with Crippen LogP contribution >= 0.6 is 15.9 Å². The van der Waals surface area contributed by atoms with Gasteiger partial charge in [-0.15, -0.1) is 0 Å². The van der Waals surface area contributed by atoms with Gasteiger partial charge in [0.05, 0.1) is 10.5 Å². The van der Waals surface area contributed by atoms with Crippen molar-refractivity contribution in [1.82, 2.24) is 24.8 Å². The molecule has 1 amide bonds. The van der Waals surface area contributed by atoms with Crippen LogP contribution < -0.4 is 9.64 Å². The van der Waals surface area contributed by atoms with Gasteiger partial charge in [0.25, 0.3) is 0 Å². The highest BCUT2D eigenvalue weighted by molar-refractivity contribution is 9.10. The van der Waals surface area contributed by atoms with Crippen LogP contribution in [-0.4, -0.2) is 83.1 Å². The summed E-state index contributed by atoms with van der Waals surface area (Å²) in [5.74, 6) is 2.09. The molecule has 8 nitrogen and oxygen atoms in total. The van der Waals surface area contributed by atoms with Crippen molar-refractivity contribution in [3.8, 4) is 5.88 Å². The van der Waals surface area contributed by atoms with Crippen molar-refractivity contribution in [3.05, 3.63) is 40.8 Å². The molecule has 4 rings (SSSR count). The fourth-order valence-electron chi connectivity index (χ4n) is 4.23. The van der Waals surface area contributed by atoms with Gasteiger partial charge in [0.2, 0.25) is 17.7 Å². The topological polar surface area (TPSA) is 74.7 Å². The van der Waals surface area contributed by atoms with Crippen LogP contribution in [-0.2, 0) is 4.79 Å². The highest BCUT2D eigenvalue weighted by Crippen LogP contribution is 2.29. The molecule has 0 unspecified atom stereocenters. The lowest BCUT2D eigenvalue weighted by Crippen LogP contribution is -2.55. The van der Waals surface area contributed by atoms with Gasteiger partial charge in [-0.2, -0.15) is 0 Å². The van der Waals surface area contributed by atoms with E-state index >= 15 is 0 Å². The molecule has 2 aliphatic heterocycles. The Balaban J connectivity index is 1.23. The first kappa shape index (κ1) is 22.0. The van der Waals surface area contributed by atoms with Crippen LogP contribution in [0.4, 0.5) is 5.95 Å². The number of halogens is 1. The van der Waals surface area contributed by atoms with Crippen molar-refractivity contribution in [2.45, 2.75) is 31.7 Å². The smallest absolute Gasteiger partial charge is 0.239 e. The molecule has 2 saturated heterocycles. The molecule has 2 aromatic heterocycles. The van der Waals surface area contributed by atoms with Gasteiger partial charge in [0.1, 0.15) is 6.61 Å². The number of pyridine rings is 1. The number of aromatic nitrogens is 3. The first-order valence-electron chi connectivity index (χ1n) is 10.8. The van der Waals surface area contributed by atoms with Gasteiger partial charge >= 0.3 is 0 Å². The molecular weight excluding hydrogens is 460 g/mol. The number of hydrogen-bond donors (Lipinski definition) is 0. The summed E-state index contributed by atoms with van der Waals surface area (Å²) in [6.07, 6.45) is 7.62. The molecule has 4 heterocycles. The largest absolute Gasteiger partial charge is 0.476 e. The van der Waals surface area contributed by atoms with Crippen molar-refractivity contribution >= 4 is 27.8 Å². The molecule has 0 bridgehead atoms. The van der Waals surface area contributed by atoms with Gasteiger partial charge in [0.15, 0.2) is 0 Å². The maximum atomic E-state index is 12.1. The fourth-order valence-corrected chi connectivity index (χ4v) is 4.44. The van der Waals surface area contributed by atoms with Crippen molar-refractivity contribution in [2.24, 2.45) is 0 Å². The minimum absolute atomic E-state index is 0.0913. The number of amides is 1. The maximum absolute atomic E-state index is 12.1. The number of piperazine rings is 1. The van der Waals surface area contributed by atoms with Crippen LogP contribution in [0.5, 0.6) is 5.88 Å². The number of carbonyl (C=O) groups is 1. The Morgan fingerprint density at radius 3 is 2.48 bits per heavy atom. The number of carbonyl (C=O) groups excluding carboxylic acids is 1. The second-order valence-corrected chi connectivity index (χ2v) is 9.13. The molecule has 31 heavy (non-hydrogen) atoms. The molecule has 1 atom stereocenters. The molecule has 0 saturated carbocycles. The molecule has 0 aromatic carbocycles. The molecule has 2 aliphatic rings. The van der Waals surface area contributed by atoms with Gasteiger partial charge in [-0.25, -0.2) is 15.0 Å². The first-order chi connectivity index (χ1) is 15.0. The van der Waals surface area contributed by atoms with Gasteiger partial charge in [0, 0.05) is 64.4 Å². The van der Waals surface area contributed by atoms with E-state index in [2.05, 4.69) is 46.7 Å². The molecule has 0 N–H and O–H groups in total. The van der Waals surface area contributed by atoms with E-state index in [4.69, 9.17) is 4.74 Å². The van der Waals surface area contributed by atoms with Crippen molar-refractivity contribution in [3.63, 3.8) is 0 Å². The van der Waals surface area contributed by atoms with Gasteiger partial charge in [-0.3, -0.25) is 9.69 Å². The summed E-state index contributed by atoms with van der Waals surface area (Å²) < 4.78 is 6.73.